The summed E-state index contributed by atoms with van der Waals surface area (Å²) in [4.78, 5) is 13.9. The van der Waals surface area contributed by atoms with Gasteiger partial charge in [0.05, 0.1) is 10.9 Å². The van der Waals surface area contributed by atoms with Crippen LogP contribution in [0.1, 0.15) is 22.1 Å². The van der Waals surface area contributed by atoms with Crippen LogP contribution >= 0.6 is 11.6 Å². The Morgan fingerprint density at radius 3 is 2.43 bits per heavy atom. The van der Waals surface area contributed by atoms with Gasteiger partial charge in [-0.3, -0.25) is 4.79 Å². The van der Waals surface area contributed by atoms with Crippen molar-refractivity contribution in [3.8, 4) is 0 Å². The van der Waals surface area contributed by atoms with Crippen molar-refractivity contribution in [3.63, 3.8) is 0 Å². The monoisotopic (exact) mass is 337 g/mol. The Labute approximate surface area is 134 Å². The standard InChI is InChI=1S/C17H11ClF3NO/c18-16(11-2-1-3-13(9-11)17(19,20)21)12-4-6-14-10(8-12)5-7-15(23)22-14/h1-9,16H,(H,22,23). The molecular formula is C17H11ClF3NO. The van der Waals surface area contributed by atoms with Crippen LogP contribution in [-0.4, -0.2) is 4.98 Å². The van der Waals surface area contributed by atoms with E-state index < -0.39 is 17.1 Å². The molecule has 23 heavy (non-hydrogen) atoms. The van der Waals surface area contributed by atoms with E-state index in [0.717, 1.165) is 17.5 Å². The van der Waals surface area contributed by atoms with Crippen LogP contribution in [0.3, 0.4) is 0 Å². The second-order valence-corrected chi connectivity index (χ2v) is 5.59. The lowest BCUT2D eigenvalue weighted by atomic mass is 10.0. The van der Waals surface area contributed by atoms with Gasteiger partial charge in [-0.25, -0.2) is 0 Å². The van der Waals surface area contributed by atoms with Gasteiger partial charge in [0.1, 0.15) is 0 Å². The second kappa shape index (κ2) is 5.74. The molecule has 0 aliphatic rings. The molecule has 3 rings (SSSR count). The molecule has 1 unspecified atom stereocenters. The summed E-state index contributed by atoms with van der Waals surface area (Å²) in [6.07, 6.45) is -4.41. The van der Waals surface area contributed by atoms with E-state index in [-0.39, 0.29) is 5.56 Å². The molecule has 1 aromatic heterocycles. The normalized spacial score (nSPS) is 13.2. The van der Waals surface area contributed by atoms with Crippen LogP contribution < -0.4 is 5.56 Å². The molecule has 0 aliphatic carbocycles. The molecule has 0 saturated heterocycles. The fourth-order valence-electron chi connectivity index (χ4n) is 2.40. The van der Waals surface area contributed by atoms with Gasteiger partial charge in [-0.2, -0.15) is 13.2 Å². The van der Waals surface area contributed by atoms with E-state index in [0.29, 0.717) is 16.6 Å². The first-order valence-electron chi connectivity index (χ1n) is 6.79. The first-order chi connectivity index (χ1) is 10.8. The number of fused-ring (bicyclic) bond motifs is 1. The lowest BCUT2D eigenvalue weighted by Crippen LogP contribution is -2.06. The minimum absolute atomic E-state index is 0.217. The van der Waals surface area contributed by atoms with E-state index >= 15 is 0 Å². The van der Waals surface area contributed by atoms with Gasteiger partial charge in [0, 0.05) is 11.6 Å². The maximum Gasteiger partial charge on any atom is 0.416 e. The smallest absolute Gasteiger partial charge is 0.322 e. The largest absolute Gasteiger partial charge is 0.416 e. The summed E-state index contributed by atoms with van der Waals surface area (Å²) in [5, 5.41) is 0.0494. The Morgan fingerprint density at radius 1 is 0.957 bits per heavy atom. The molecule has 6 heteroatoms. The van der Waals surface area contributed by atoms with Crippen LogP contribution in [-0.2, 0) is 6.18 Å². The van der Waals surface area contributed by atoms with Crippen molar-refractivity contribution in [1.82, 2.24) is 4.98 Å². The van der Waals surface area contributed by atoms with Crippen LogP contribution in [0.15, 0.2) is 59.4 Å². The van der Waals surface area contributed by atoms with Crippen LogP contribution in [0, 0.1) is 0 Å². The molecule has 0 aliphatic heterocycles. The van der Waals surface area contributed by atoms with Gasteiger partial charge in [0.2, 0.25) is 5.56 Å². The summed E-state index contributed by atoms with van der Waals surface area (Å²) in [6, 6.07) is 13.1. The van der Waals surface area contributed by atoms with E-state index in [1.165, 1.54) is 12.1 Å². The number of hydrogen-bond acceptors (Lipinski definition) is 1. The van der Waals surface area contributed by atoms with Gasteiger partial charge in [-0.05, 0) is 46.8 Å². The van der Waals surface area contributed by atoms with E-state index in [4.69, 9.17) is 11.6 Å². The topological polar surface area (TPSA) is 32.9 Å². The zero-order valence-electron chi connectivity index (χ0n) is 11.7. The third-order valence-electron chi connectivity index (χ3n) is 3.55. The second-order valence-electron chi connectivity index (χ2n) is 5.16. The lowest BCUT2D eigenvalue weighted by Gasteiger charge is -2.14. The van der Waals surface area contributed by atoms with E-state index in [9.17, 15) is 18.0 Å². The van der Waals surface area contributed by atoms with Crippen LogP contribution in [0.5, 0.6) is 0 Å². The minimum atomic E-state index is -4.41. The number of halogens is 4. The number of rotatable bonds is 2. The quantitative estimate of drug-likeness (QED) is 0.664. The summed E-state index contributed by atoms with van der Waals surface area (Å²) in [5.74, 6) is 0. The van der Waals surface area contributed by atoms with Gasteiger partial charge in [-0.15, -0.1) is 11.6 Å². The minimum Gasteiger partial charge on any atom is -0.322 e. The Morgan fingerprint density at radius 2 is 1.70 bits per heavy atom. The molecule has 3 aromatic rings. The van der Waals surface area contributed by atoms with Crippen molar-refractivity contribution in [2.75, 3.05) is 0 Å². The lowest BCUT2D eigenvalue weighted by molar-refractivity contribution is -0.137. The van der Waals surface area contributed by atoms with E-state index in [2.05, 4.69) is 4.98 Å². The number of benzene rings is 2. The molecule has 0 saturated carbocycles. The fraction of sp³-hybridized carbons (Fsp3) is 0.118. The molecule has 1 N–H and O–H groups in total. The van der Waals surface area contributed by atoms with Crippen LogP contribution in [0.4, 0.5) is 13.2 Å². The van der Waals surface area contributed by atoms with Gasteiger partial charge in [-0.1, -0.05) is 18.2 Å². The third-order valence-corrected chi connectivity index (χ3v) is 4.05. The van der Waals surface area contributed by atoms with Gasteiger partial charge < -0.3 is 4.98 Å². The maximum absolute atomic E-state index is 12.8. The number of nitrogens with one attached hydrogen (secondary N) is 1. The Hall–Kier alpha value is -2.27. The first-order valence-corrected chi connectivity index (χ1v) is 7.22. The van der Waals surface area contributed by atoms with Crippen molar-refractivity contribution in [2.45, 2.75) is 11.6 Å². The molecule has 0 fully saturated rings. The molecule has 0 amide bonds. The molecule has 118 valence electrons. The highest BCUT2D eigenvalue weighted by Gasteiger charge is 2.31. The predicted molar refractivity (Wildman–Crippen MR) is 83.7 cm³/mol. The summed E-state index contributed by atoms with van der Waals surface area (Å²) in [7, 11) is 0. The number of aromatic amines is 1. The van der Waals surface area contributed by atoms with E-state index in [1.54, 1.807) is 30.3 Å². The van der Waals surface area contributed by atoms with E-state index in [1.807, 2.05) is 0 Å². The van der Waals surface area contributed by atoms with Crippen LogP contribution in [0.25, 0.3) is 10.9 Å². The summed E-state index contributed by atoms with van der Waals surface area (Å²) in [6.45, 7) is 0. The highest BCUT2D eigenvalue weighted by Crippen LogP contribution is 2.35. The summed E-state index contributed by atoms with van der Waals surface area (Å²) in [5.41, 5.74) is 0.723. The third kappa shape index (κ3) is 3.24. The molecular weight excluding hydrogens is 327 g/mol. The van der Waals surface area contributed by atoms with Crippen LogP contribution in [0.2, 0.25) is 0 Å². The summed E-state index contributed by atoms with van der Waals surface area (Å²) < 4.78 is 38.4. The number of H-pyrrole nitrogens is 1. The summed E-state index contributed by atoms with van der Waals surface area (Å²) >= 11 is 6.35. The fourth-order valence-corrected chi connectivity index (χ4v) is 2.67. The highest BCUT2D eigenvalue weighted by atomic mass is 35.5. The van der Waals surface area contributed by atoms with Gasteiger partial charge in [0.25, 0.3) is 0 Å². The highest BCUT2D eigenvalue weighted by molar-refractivity contribution is 6.22. The maximum atomic E-state index is 12.8. The molecule has 0 spiro atoms. The number of aromatic nitrogens is 1. The number of hydrogen-bond donors (Lipinski definition) is 1. The zero-order chi connectivity index (χ0) is 16.6. The molecule has 1 atom stereocenters. The Bertz CT molecular complexity index is 917. The molecule has 0 bridgehead atoms. The molecule has 2 nitrogen and oxygen atoms in total. The van der Waals surface area contributed by atoms with Crippen molar-refractivity contribution in [1.29, 1.82) is 0 Å². The number of pyridine rings is 1. The molecule has 0 radical (unpaired) electrons. The molecule has 2 aromatic carbocycles. The van der Waals surface area contributed by atoms with Crippen molar-refractivity contribution < 1.29 is 13.2 Å². The van der Waals surface area contributed by atoms with Crippen molar-refractivity contribution in [3.05, 3.63) is 81.6 Å². The first kappa shape index (κ1) is 15.6. The Kier molecular flexibility index (Phi) is 3.90. The average molecular weight is 338 g/mol. The molecule has 1 heterocycles. The average Bonchev–Trinajstić information content (AvgIpc) is 2.53. The Balaban J connectivity index is 2.01. The SMILES string of the molecule is O=c1ccc2cc(C(Cl)c3cccc(C(F)(F)F)c3)ccc2[nH]1. The predicted octanol–water partition coefficient (Wildman–Crippen LogP) is 4.88. The number of alkyl halides is 4. The van der Waals surface area contributed by atoms with Gasteiger partial charge >= 0.3 is 6.18 Å². The van der Waals surface area contributed by atoms with Crippen molar-refractivity contribution in [2.24, 2.45) is 0 Å². The zero-order valence-corrected chi connectivity index (χ0v) is 12.4. The van der Waals surface area contributed by atoms with Crippen molar-refractivity contribution >= 4 is 22.5 Å². The van der Waals surface area contributed by atoms with Gasteiger partial charge in [0.15, 0.2) is 0 Å².